The van der Waals surface area contributed by atoms with Crippen molar-refractivity contribution in [2.24, 2.45) is 0 Å². The molecular weight excluding hydrogens is 222 g/mol. The largest absolute Gasteiger partial charge is 0.508 e. The van der Waals surface area contributed by atoms with Crippen molar-refractivity contribution in [1.29, 1.82) is 0 Å². The van der Waals surface area contributed by atoms with Gasteiger partial charge in [-0.05, 0) is 36.3 Å². The summed E-state index contributed by atoms with van der Waals surface area (Å²) in [5, 5.41) is 13.0. The molecule has 2 nitrogen and oxygen atoms in total. The van der Waals surface area contributed by atoms with Crippen LogP contribution in [0.2, 0.25) is 0 Å². The fourth-order valence-corrected chi connectivity index (χ4v) is 2.38. The van der Waals surface area contributed by atoms with Gasteiger partial charge in [-0.2, -0.15) is 0 Å². The average molecular weight is 237 g/mol. The van der Waals surface area contributed by atoms with E-state index in [1.165, 1.54) is 11.1 Å². The normalized spacial score (nSPS) is 17.6. The number of nitrogens with one attached hydrogen (secondary N) is 1. The number of fused-ring (bicyclic) bond motifs is 1. The lowest BCUT2D eigenvalue weighted by Gasteiger charge is -2.25. The molecule has 2 aromatic carbocycles. The van der Waals surface area contributed by atoms with Gasteiger partial charge < -0.3 is 10.4 Å². The zero-order chi connectivity index (χ0) is 12.5. The van der Waals surface area contributed by atoms with Gasteiger partial charge in [-0.3, -0.25) is 0 Å². The molecule has 2 N–H and O–H groups in total. The van der Waals surface area contributed by atoms with E-state index in [-0.39, 0.29) is 6.04 Å². The molecule has 0 radical (unpaired) electrons. The summed E-state index contributed by atoms with van der Waals surface area (Å²) in [5.74, 6) is 0.293. The molecule has 3 rings (SSSR count). The van der Waals surface area contributed by atoms with Crippen LogP contribution in [0.3, 0.4) is 0 Å². The third-order valence-electron chi connectivity index (χ3n) is 3.29. The van der Waals surface area contributed by atoms with E-state index >= 15 is 0 Å². The standard InChI is InChI=1S/C16H15NO/c1-11-15-8-3-2-5-12(15)10-16(17-11)13-6-4-7-14(18)9-13/h2-11,17-18H,1H3. The van der Waals surface area contributed by atoms with Crippen LogP contribution in [0, 0.1) is 0 Å². The van der Waals surface area contributed by atoms with E-state index in [0.717, 1.165) is 11.3 Å². The number of rotatable bonds is 1. The predicted octanol–water partition coefficient (Wildman–Crippen LogP) is 3.55. The molecule has 0 aromatic heterocycles. The highest BCUT2D eigenvalue weighted by Gasteiger charge is 2.16. The first-order valence-corrected chi connectivity index (χ1v) is 6.10. The van der Waals surface area contributed by atoms with Crippen LogP contribution in [0.5, 0.6) is 5.75 Å². The molecule has 0 fully saturated rings. The van der Waals surface area contributed by atoms with E-state index < -0.39 is 0 Å². The quantitative estimate of drug-likeness (QED) is 0.795. The molecule has 0 bridgehead atoms. The Morgan fingerprint density at radius 1 is 1.06 bits per heavy atom. The zero-order valence-electron chi connectivity index (χ0n) is 10.2. The molecule has 2 aromatic rings. The second-order valence-corrected chi connectivity index (χ2v) is 4.60. The van der Waals surface area contributed by atoms with Crippen molar-refractivity contribution in [3.63, 3.8) is 0 Å². The first kappa shape index (κ1) is 10.9. The first-order valence-electron chi connectivity index (χ1n) is 6.10. The highest BCUT2D eigenvalue weighted by Crippen LogP contribution is 2.30. The van der Waals surface area contributed by atoms with Crippen LogP contribution in [0.15, 0.2) is 48.5 Å². The lowest BCUT2D eigenvalue weighted by atomic mass is 9.95. The monoisotopic (exact) mass is 237 g/mol. The van der Waals surface area contributed by atoms with Gasteiger partial charge in [-0.1, -0.05) is 36.4 Å². The predicted molar refractivity (Wildman–Crippen MR) is 74.0 cm³/mol. The minimum Gasteiger partial charge on any atom is -0.508 e. The van der Waals surface area contributed by atoms with Crippen LogP contribution >= 0.6 is 0 Å². The van der Waals surface area contributed by atoms with Crippen LogP contribution in [-0.4, -0.2) is 5.11 Å². The summed E-state index contributed by atoms with van der Waals surface area (Å²) in [5.41, 5.74) is 4.61. The van der Waals surface area contributed by atoms with Crippen molar-refractivity contribution in [2.75, 3.05) is 0 Å². The molecular formula is C16H15NO. The van der Waals surface area contributed by atoms with E-state index in [1.54, 1.807) is 12.1 Å². The van der Waals surface area contributed by atoms with Crippen molar-refractivity contribution in [2.45, 2.75) is 13.0 Å². The number of hydrogen-bond donors (Lipinski definition) is 2. The molecule has 0 saturated heterocycles. The van der Waals surface area contributed by atoms with Gasteiger partial charge >= 0.3 is 0 Å². The fourth-order valence-electron chi connectivity index (χ4n) is 2.38. The summed E-state index contributed by atoms with van der Waals surface area (Å²) in [7, 11) is 0. The Morgan fingerprint density at radius 2 is 1.89 bits per heavy atom. The van der Waals surface area contributed by atoms with Crippen molar-refractivity contribution in [3.05, 3.63) is 65.2 Å². The van der Waals surface area contributed by atoms with Crippen LogP contribution in [0.25, 0.3) is 11.8 Å². The summed E-state index contributed by atoms with van der Waals surface area (Å²) >= 11 is 0. The summed E-state index contributed by atoms with van der Waals surface area (Å²) in [6.07, 6.45) is 2.13. The fraction of sp³-hybridized carbons (Fsp3) is 0.125. The molecule has 0 aliphatic carbocycles. The van der Waals surface area contributed by atoms with Gasteiger partial charge in [0.05, 0.1) is 0 Å². The van der Waals surface area contributed by atoms with E-state index in [2.05, 4.69) is 36.5 Å². The Morgan fingerprint density at radius 3 is 2.72 bits per heavy atom. The molecule has 1 aliphatic heterocycles. The van der Waals surface area contributed by atoms with Crippen molar-refractivity contribution in [1.82, 2.24) is 5.32 Å². The lowest BCUT2D eigenvalue weighted by Crippen LogP contribution is -2.21. The summed E-state index contributed by atoms with van der Waals surface area (Å²) in [6.45, 7) is 2.15. The zero-order valence-corrected chi connectivity index (χ0v) is 10.2. The van der Waals surface area contributed by atoms with Crippen molar-refractivity contribution < 1.29 is 5.11 Å². The molecule has 1 atom stereocenters. The molecule has 0 saturated carbocycles. The number of benzene rings is 2. The van der Waals surface area contributed by atoms with Crippen LogP contribution in [-0.2, 0) is 0 Å². The first-order chi connectivity index (χ1) is 8.74. The van der Waals surface area contributed by atoms with Gasteiger partial charge in [0.2, 0.25) is 0 Å². The van der Waals surface area contributed by atoms with Gasteiger partial charge in [0.15, 0.2) is 0 Å². The highest BCUT2D eigenvalue weighted by molar-refractivity contribution is 5.83. The summed E-state index contributed by atoms with van der Waals surface area (Å²) < 4.78 is 0. The Balaban J connectivity index is 2.08. The number of phenols is 1. The molecule has 0 spiro atoms. The Bertz CT molecular complexity index is 616. The third-order valence-corrected chi connectivity index (χ3v) is 3.29. The van der Waals surface area contributed by atoms with E-state index in [9.17, 15) is 5.11 Å². The van der Waals surface area contributed by atoms with E-state index in [4.69, 9.17) is 0 Å². The highest BCUT2D eigenvalue weighted by atomic mass is 16.3. The maximum atomic E-state index is 9.55. The smallest absolute Gasteiger partial charge is 0.116 e. The SMILES string of the molecule is CC1NC(c2cccc(O)c2)=Cc2ccccc21. The molecule has 2 heteroatoms. The molecule has 1 unspecified atom stereocenters. The minimum absolute atomic E-state index is 0.281. The molecule has 90 valence electrons. The second kappa shape index (κ2) is 4.22. The second-order valence-electron chi connectivity index (χ2n) is 4.60. The maximum absolute atomic E-state index is 9.55. The van der Waals surface area contributed by atoms with Gasteiger partial charge in [0, 0.05) is 17.3 Å². The van der Waals surface area contributed by atoms with Gasteiger partial charge in [-0.25, -0.2) is 0 Å². The maximum Gasteiger partial charge on any atom is 0.116 e. The van der Waals surface area contributed by atoms with Crippen LogP contribution in [0.1, 0.15) is 29.7 Å². The van der Waals surface area contributed by atoms with Crippen molar-refractivity contribution >= 4 is 11.8 Å². The summed E-state index contributed by atoms with van der Waals surface area (Å²) in [4.78, 5) is 0. The lowest BCUT2D eigenvalue weighted by molar-refractivity contribution is 0.475. The Kier molecular flexibility index (Phi) is 2.56. The van der Waals surface area contributed by atoms with Gasteiger partial charge in [0.1, 0.15) is 5.75 Å². The average Bonchev–Trinajstić information content (AvgIpc) is 2.39. The van der Waals surface area contributed by atoms with Crippen molar-refractivity contribution in [3.8, 4) is 5.75 Å². The summed E-state index contributed by atoms with van der Waals surface area (Å²) in [6, 6.07) is 16.0. The molecule has 1 aliphatic rings. The van der Waals surface area contributed by atoms with E-state index in [1.807, 2.05) is 18.2 Å². The molecule has 1 heterocycles. The van der Waals surface area contributed by atoms with Crippen LogP contribution in [0.4, 0.5) is 0 Å². The van der Waals surface area contributed by atoms with E-state index in [0.29, 0.717) is 5.75 Å². The number of phenolic OH excluding ortho intramolecular Hbond substituents is 1. The Hall–Kier alpha value is -2.22. The Labute approximate surface area is 107 Å². The topological polar surface area (TPSA) is 32.3 Å². The molecule has 0 amide bonds. The third kappa shape index (κ3) is 1.86. The molecule has 18 heavy (non-hydrogen) atoms. The van der Waals surface area contributed by atoms with Gasteiger partial charge in [-0.15, -0.1) is 0 Å². The van der Waals surface area contributed by atoms with Gasteiger partial charge in [0.25, 0.3) is 0 Å². The van der Waals surface area contributed by atoms with Crippen LogP contribution < -0.4 is 5.32 Å². The number of aromatic hydroxyl groups is 1. The minimum atomic E-state index is 0.281. The number of hydrogen-bond acceptors (Lipinski definition) is 2.